The summed E-state index contributed by atoms with van der Waals surface area (Å²) in [6.45, 7) is 3.40. The van der Waals surface area contributed by atoms with Crippen molar-refractivity contribution in [3.8, 4) is 0 Å². The van der Waals surface area contributed by atoms with E-state index in [1.807, 2.05) is 4.90 Å². The maximum Gasteiger partial charge on any atom is 0.227 e. The Morgan fingerprint density at radius 3 is 2.90 bits per heavy atom. The molecule has 0 aliphatic carbocycles. The summed E-state index contributed by atoms with van der Waals surface area (Å²) in [5.41, 5.74) is 6.51. The number of carbonyl (C=O) groups is 1. The zero-order valence-corrected chi connectivity index (χ0v) is 12.5. The number of hydrogen-bond acceptors (Lipinski definition) is 2. The quantitative estimate of drug-likeness (QED) is 0.931. The predicted molar refractivity (Wildman–Crippen MR) is 80.3 cm³/mol. The topological polar surface area (TPSA) is 46.3 Å². The second kappa shape index (κ2) is 7.60. The second-order valence-electron chi connectivity index (χ2n) is 5.32. The van der Waals surface area contributed by atoms with Crippen LogP contribution in [0, 0.1) is 11.7 Å². The van der Waals surface area contributed by atoms with Crippen molar-refractivity contribution in [2.24, 2.45) is 11.7 Å². The molecule has 1 aliphatic heterocycles. The number of rotatable bonds is 3. The van der Waals surface area contributed by atoms with Crippen LogP contribution in [0.1, 0.15) is 25.3 Å². The minimum Gasteiger partial charge on any atom is -0.338 e. The van der Waals surface area contributed by atoms with Crippen LogP contribution in [-0.4, -0.2) is 29.9 Å². The normalized spacial score (nSPS) is 22.2. The van der Waals surface area contributed by atoms with E-state index in [-0.39, 0.29) is 36.6 Å². The summed E-state index contributed by atoms with van der Waals surface area (Å²) in [7, 11) is 0. The van der Waals surface area contributed by atoms with E-state index in [4.69, 9.17) is 5.73 Å². The fraction of sp³-hybridized carbons (Fsp3) is 0.533. The number of piperidine rings is 1. The van der Waals surface area contributed by atoms with E-state index in [9.17, 15) is 9.18 Å². The van der Waals surface area contributed by atoms with Gasteiger partial charge in [-0.2, -0.15) is 0 Å². The molecule has 1 saturated heterocycles. The van der Waals surface area contributed by atoms with Gasteiger partial charge in [-0.3, -0.25) is 4.79 Å². The van der Waals surface area contributed by atoms with Gasteiger partial charge in [-0.05, 0) is 36.5 Å². The van der Waals surface area contributed by atoms with E-state index in [0.29, 0.717) is 12.5 Å². The van der Waals surface area contributed by atoms with Gasteiger partial charge in [0.1, 0.15) is 5.82 Å². The summed E-state index contributed by atoms with van der Waals surface area (Å²) in [4.78, 5) is 14.2. The smallest absolute Gasteiger partial charge is 0.227 e. The Morgan fingerprint density at radius 1 is 1.50 bits per heavy atom. The lowest BCUT2D eigenvalue weighted by atomic mass is 9.90. The van der Waals surface area contributed by atoms with Crippen molar-refractivity contribution in [3.05, 3.63) is 35.6 Å². The first-order chi connectivity index (χ1) is 9.11. The van der Waals surface area contributed by atoms with Crippen molar-refractivity contribution < 1.29 is 9.18 Å². The molecule has 0 bridgehead atoms. The maximum atomic E-state index is 13.1. The fourth-order valence-corrected chi connectivity index (χ4v) is 2.84. The number of benzene rings is 1. The highest BCUT2D eigenvalue weighted by molar-refractivity contribution is 5.85. The van der Waals surface area contributed by atoms with Crippen molar-refractivity contribution in [2.75, 3.05) is 13.1 Å². The van der Waals surface area contributed by atoms with Crippen LogP contribution >= 0.6 is 12.4 Å². The summed E-state index contributed by atoms with van der Waals surface area (Å²) in [5, 5.41) is 0. The van der Waals surface area contributed by atoms with Crippen LogP contribution in [0.5, 0.6) is 0 Å². The SMILES string of the molecule is CC1CCCN(C(=O)Cc2cccc(F)c2)C1CN.Cl. The van der Waals surface area contributed by atoms with Gasteiger partial charge >= 0.3 is 0 Å². The van der Waals surface area contributed by atoms with E-state index < -0.39 is 0 Å². The van der Waals surface area contributed by atoms with Crippen LogP contribution in [0.2, 0.25) is 0 Å². The zero-order valence-electron chi connectivity index (χ0n) is 11.7. The van der Waals surface area contributed by atoms with Gasteiger partial charge in [0, 0.05) is 19.1 Å². The molecule has 1 fully saturated rings. The molecule has 112 valence electrons. The monoisotopic (exact) mass is 300 g/mol. The molecule has 2 N–H and O–H groups in total. The van der Waals surface area contributed by atoms with E-state index in [0.717, 1.165) is 24.9 Å². The van der Waals surface area contributed by atoms with Gasteiger partial charge in [0.05, 0.1) is 6.42 Å². The van der Waals surface area contributed by atoms with E-state index in [2.05, 4.69) is 6.92 Å². The Labute approximate surface area is 125 Å². The highest BCUT2D eigenvalue weighted by Gasteiger charge is 2.30. The highest BCUT2D eigenvalue weighted by Crippen LogP contribution is 2.23. The molecule has 3 nitrogen and oxygen atoms in total. The number of carbonyl (C=O) groups excluding carboxylic acids is 1. The van der Waals surface area contributed by atoms with Crippen LogP contribution in [0.3, 0.4) is 0 Å². The second-order valence-corrected chi connectivity index (χ2v) is 5.32. The first-order valence-corrected chi connectivity index (χ1v) is 6.86. The van der Waals surface area contributed by atoms with Crippen molar-refractivity contribution in [3.63, 3.8) is 0 Å². The van der Waals surface area contributed by atoms with Gasteiger partial charge in [-0.25, -0.2) is 4.39 Å². The first kappa shape index (κ1) is 16.9. The summed E-state index contributed by atoms with van der Waals surface area (Å²) < 4.78 is 13.1. The molecule has 1 aromatic rings. The standard InChI is InChI=1S/C15H21FN2O.ClH/c1-11-4-3-7-18(14(11)10-17)15(19)9-12-5-2-6-13(16)8-12;/h2,5-6,8,11,14H,3-4,7,9-10,17H2,1H3;1H. The molecule has 2 rings (SSSR count). The van der Waals surface area contributed by atoms with Crippen LogP contribution in [0.15, 0.2) is 24.3 Å². The fourth-order valence-electron chi connectivity index (χ4n) is 2.84. The molecule has 0 spiro atoms. The molecule has 0 saturated carbocycles. The summed E-state index contributed by atoms with van der Waals surface area (Å²) in [6, 6.07) is 6.35. The van der Waals surface area contributed by atoms with Crippen LogP contribution < -0.4 is 5.73 Å². The molecule has 1 aromatic carbocycles. The minimum atomic E-state index is -0.298. The Bertz CT molecular complexity index is 455. The summed E-state index contributed by atoms with van der Waals surface area (Å²) in [6.07, 6.45) is 2.39. The number of hydrogen-bond donors (Lipinski definition) is 1. The van der Waals surface area contributed by atoms with Gasteiger partial charge < -0.3 is 10.6 Å². The van der Waals surface area contributed by atoms with Gasteiger partial charge in [0.2, 0.25) is 5.91 Å². The number of halogens is 2. The van der Waals surface area contributed by atoms with Gasteiger partial charge in [-0.1, -0.05) is 19.1 Å². The highest BCUT2D eigenvalue weighted by atomic mass is 35.5. The third-order valence-corrected chi connectivity index (χ3v) is 3.92. The van der Waals surface area contributed by atoms with Crippen molar-refractivity contribution in [1.82, 2.24) is 4.90 Å². The average molecular weight is 301 g/mol. The Hall–Kier alpha value is -1.13. The molecule has 1 heterocycles. The number of nitrogens with two attached hydrogens (primary N) is 1. The number of likely N-dealkylation sites (tertiary alicyclic amines) is 1. The van der Waals surface area contributed by atoms with Crippen molar-refractivity contribution in [1.29, 1.82) is 0 Å². The molecule has 0 radical (unpaired) electrons. The molecule has 2 atom stereocenters. The van der Waals surface area contributed by atoms with Gasteiger partial charge in [0.15, 0.2) is 0 Å². The molecule has 5 heteroatoms. The minimum absolute atomic E-state index is 0. The first-order valence-electron chi connectivity index (χ1n) is 6.86. The van der Waals surface area contributed by atoms with E-state index >= 15 is 0 Å². The molecular formula is C15H22ClFN2O. The van der Waals surface area contributed by atoms with Crippen molar-refractivity contribution >= 4 is 18.3 Å². The van der Waals surface area contributed by atoms with Gasteiger partial charge in [-0.15, -0.1) is 12.4 Å². The maximum absolute atomic E-state index is 13.1. The largest absolute Gasteiger partial charge is 0.338 e. The average Bonchev–Trinajstić information content (AvgIpc) is 2.38. The zero-order chi connectivity index (χ0) is 13.8. The number of amides is 1. The van der Waals surface area contributed by atoms with Crippen molar-refractivity contribution in [2.45, 2.75) is 32.2 Å². The predicted octanol–water partition coefficient (Wildman–Crippen LogP) is 2.38. The lowest BCUT2D eigenvalue weighted by Crippen LogP contribution is -2.51. The lowest BCUT2D eigenvalue weighted by Gasteiger charge is -2.39. The van der Waals surface area contributed by atoms with Crippen LogP contribution in [-0.2, 0) is 11.2 Å². The van der Waals surface area contributed by atoms with E-state index in [1.165, 1.54) is 12.1 Å². The third-order valence-electron chi connectivity index (χ3n) is 3.92. The lowest BCUT2D eigenvalue weighted by molar-refractivity contribution is -0.135. The molecule has 2 unspecified atom stereocenters. The Balaban J connectivity index is 0.00000200. The van der Waals surface area contributed by atoms with Gasteiger partial charge in [0.25, 0.3) is 0 Å². The van der Waals surface area contributed by atoms with Crippen LogP contribution in [0.25, 0.3) is 0 Å². The molecule has 1 amide bonds. The van der Waals surface area contributed by atoms with Crippen LogP contribution in [0.4, 0.5) is 4.39 Å². The molecule has 1 aliphatic rings. The summed E-state index contributed by atoms with van der Waals surface area (Å²) >= 11 is 0. The molecule has 0 aromatic heterocycles. The molecule has 20 heavy (non-hydrogen) atoms. The third kappa shape index (κ3) is 3.93. The number of nitrogens with zero attached hydrogens (tertiary/aromatic N) is 1. The molecular weight excluding hydrogens is 279 g/mol. The summed E-state index contributed by atoms with van der Waals surface area (Å²) in [5.74, 6) is 0.190. The Kier molecular flexibility index (Phi) is 6.43. The Morgan fingerprint density at radius 2 is 2.25 bits per heavy atom. The van der Waals surface area contributed by atoms with E-state index in [1.54, 1.807) is 12.1 Å².